The third kappa shape index (κ3) is 8.50. The van der Waals surface area contributed by atoms with Crippen LogP contribution < -0.4 is 4.90 Å². The molecule has 0 fully saturated rings. The highest BCUT2D eigenvalue weighted by Gasteiger charge is 2.28. The van der Waals surface area contributed by atoms with Crippen molar-refractivity contribution < 1.29 is 28.8 Å². The van der Waals surface area contributed by atoms with Gasteiger partial charge in [-0.1, -0.05) is 184 Å². The highest BCUT2D eigenvalue weighted by atomic mass is 35.5. The molecule has 7 aromatic rings. The number of hydrogen-bond acceptors (Lipinski definition) is 2. The summed E-state index contributed by atoms with van der Waals surface area (Å²) >= 11 is 7.92. The zero-order valence-electron chi connectivity index (χ0n) is 55.0. The molecule has 1 atom stereocenters. The molecule has 6 aromatic carbocycles. The molecule has 0 N–H and O–H groups in total. The molecule has 1 aromatic heterocycles. The Kier molecular flexibility index (Phi) is 5.88. The van der Waals surface area contributed by atoms with Crippen LogP contribution in [0.15, 0.2) is 144 Å². The number of nitrogens with zero attached hydrogens (tertiary/aromatic N) is 1. The van der Waals surface area contributed by atoms with Gasteiger partial charge in [0.15, 0.2) is 0 Å². The first-order chi connectivity index (χ1) is 35.6. The van der Waals surface area contributed by atoms with Crippen molar-refractivity contribution in [3.05, 3.63) is 194 Å². The first kappa shape index (κ1) is 21.9. The van der Waals surface area contributed by atoms with Gasteiger partial charge in [-0.05, 0) is 103 Å². The van der Waals surface area contributed by atoms with Crippen LogP contribution in [-0.2, 0) is 21.7 Å². The van der Waals surface area contributed by atoms with E-state index < -0.39 is 153 Å². The summed E-state index contributed by atoms with van der Waals surface area (Å²) in [4.78, 5) is 1.19. The zero-order valence-corrected chi connectivity index (χ0v) is 35.6. The largest absolute Gasteiger partial charge is 0.309 e. The van der Waals surface area contributed by atoms with Crippen LogP contribution in [0.1, 0.15) is 155 Å². The Morgan fingerprint density at radius 1 is 0.509 bits per heavy atom. The predicted octanol–water partition coefficient (Wildman–Crippen LogP) is 16.4. The number of thiophene rings is 1. The van der Waals surface area contributed by atoms with Crippen molar-refractivity contribution in [3.63, 3.8) is 0 Å². The Morgan fingerprint density at radius 2 is 1.09 bits per heavy atom. The molecule has 1 unspecified atom stereocenters. The monoisotopic (exact) mass is 809 g/mol. The second-order valence-corrected chi connectivity index (χ2v) is 18.9. The standard InChI is InChI=1S/C54H58ClNS/c1-51(2,3)39-22-20-36(21-23-39)50(37-16-15-19-43(30-37)54(10,11)41-17-13-12-14-18-41)38-31-44(55)34-46(32-38)56(45-27-24-40(25-28-45)52(4,5)6)48-35-57-49-29-26-42(33-47(48)49)53(7,8)9/h12-35,50H,1-11H3/i12D,13D,14D,15D,16D,17D,18D,19D,20D,21D,22D,23D,24D,25D,26D,27D,28D,29D,30D,33D,35D. The highest BCUT2D eigenvalue weighted by molar-refractivity contribution is 7.17. The summed E-state index contributed by atoms with van der Waals surface area (Å²) in [5.74, 6) is -1.84. The van der Waals surface area contributed by atoms with Gasteiger partial charge in [0.1, 0.15) is 0 Å². The van der Waals surface area contributed by atoms with Gasteiger partial charge in [-0.25, -0.2) is 0 Å². The third-order valence-corrected chi connectivity index (χ3v) is 10.7. The summed E-state index contributed by atoms with van der Waals surface area (Å²) in [5.41, 5.74) is -7.09. The van der Waals surface area contributed by atoms with Crippen LogP contribution in [0, 0.1) is 0 Å². The lowest BCUT2D eigenvalue weighted by molar-refractivity contribution is 0.589. The molecule has 1 nitrogen and oxygen atoms in total. The Bertz CT molecular complexity index is 3630. The van der Waals surface area contributed by atoms with Crippen LogP contribution >= 0.6 is 22.9 Å². The molecule has 0 spiro atoms. The maximum Gasteiger partial charge on any atom is 0.0762 e. The Labute approximate surface area is 380 Å². The average molecular weight is 810 g/mol. The fourth-order valence-corrected chi connectivity index (χ4v) is 7.18. The summed E-state index contributed by atoms with van der Waals surface area (Å²) in [6, 6.07) is -7.63. The van der Waals surface area contributed by atoms with E-state index in [1.807, 2.05) is 0 Å². The molecule has 1 heterocycles. The van der Waals surface area contributed by atoms with E-state index in [-0.39, 0.29) is 77.8 Å². The molecular weight excluding hydrogens is 730 g/mol. The van der Waals surface area contributed by atoms with Crippen molar-refractivity contribution >= 4 is 50.1 Å². The van der Waals surface area contributed by atoms with Crippen LogP contribution in [0.2, 0.25) is 5.02 Å². The van der Waals surface area contributed by atoms with Gasteiger partial charge in [0.2, 0.25) is 0 Å². The number of halogens is 1. The lowest BCUT2D eigenvalue weighted by Gasteiger charge is -2.30. The van der Waals surface area contributed by atoms with Gasteiger partial charge < -0.3 is 4.90 Å². The second-order valence-electron chi connectivity index (χ2n) is 17.7. The van der Waals surface area contributed by atoms with Gasteiger partial charge in [-0.15, -0.1) is 11.3 Å². The SMILES string of the molecule is [2H]c1sc2c([2H])c([2H])c(C(C)(C)C)c([2H])c2c1N(c1cc(Cl)cc(C(c2c([2H])c([2H])c(C(C)(C)C)c([2H])c2[2H])c2c([2H])c([2H])c([2H])c(C(C)(C)c3c([2H])c([2H])c([2H])c([2H])c3[2H])c2[2H])c1)c1c([2H])c([2H])c(C(C)(C)C)c([2H])c1[2H]. The van der Waals surface area contributed by atoms with E-state index >= 15 is 0 Å². The van der Waals surface area contributed by atoms with Crippen LogP contribution in [0.25, 0.3) is 10.1 Å². The number of rotatable bonds is 8. The smallest absolute Gasteiger partial charge is 0.0762 e. The van der Waals surface area contributed by atoms with Gasteiger partial charge in [-0.3, -0.25) is 0 Å². The minimum Gasteiger partial charge on any atom is -0.309 e. The third-order valence-electron chi connectivity index (χ3n) is 9.69. The van der Waals surface area contributed by atoms with Gasteiger partial charge in [0.25, 0.3) is 0 Å². The first-order valence-corrected chi connectivity index (χ1v) is 19.8. The normalized spacial score (nSPS) is 18.4. The molecule has 0 aliphatic rings. The van der Waals surface area contributed by atoms with E-state index in [0.29, 0.717) is 0 Å². The maximum atomic E-state index is 10.1. The fraction of sp³-hybridized carbons (Fsp3) is 0.296. The van der Waals surface area contributed by atoms with Gasteiger partial charge >= 0.3 is 0 Å². The summed E-state index contributed by atoms with van der Waals surface area (Å²) in [7, 11) is 0. The van der Waals surface area contributed by atoms with E-state index in [1.165, 1.54) is 36.9 Å². The zero-order chi connectivity index (χ0) is 59.2. The molecule has 0 saturated heterocycles. The number of hydrogen-bond donors (Lipinski definition) is 0. The Hall–Kier alpha value is -4.63. The Morgan fingerprint density at radius 3 is 1.70 bits per heavy atom. The van der Waals surface area contributed by atoms with E-state index in [0.717, 1.165) is 11.3 Å². The van der Waals surface area contributed by atoms with E-state index in [2.05, 4.69) is 0 Å². The van der Waals surface area contributed by atoms with E-state index in [4.69, 9.17) is 19.8 Å². The maximum absolute atomic E-state index is 10.1. The van der Waals surface area contributed by atoms with Gasteiger partial charge in [-0.2, -0.15) is 0 Å². The average Bonchev–Trinajstić information content (AvgIpc) is 3.65. The number of fused-ring (bicyclic) bond motifs is 1. The van der Waals surface area contributed by atoms with Crippen LogP contribution in [0.5, 0.6) is 0 Å². The summed E-state index contributed by atoms with van der Waals surface area (Å²) in [5, 5.41) is -0.561. The summed E-state index contributed by atoms with van der Waals surface area (Å²) < 4.78 is 195. The lowest BCUT2D eigenvalue weighted by atomic mass is 9.75. The van der Waals surface area contributed by atoms with Crippen LogP contribution in [-0.4, -0.2) is 0 Å². The lowest BCUT2D eigenvalue weighted by Crippen LogP contribution is -2.19. The molecule has 0 aliphatic heterocycles. The molecule has 0 bridgehead atoms. The second kappa shape index (κ2) is 15.3. The van der Waals surface area contributed by atoms with Crippen LogP contribution in [0.3, 0.4) is 0 Å². The Balaban J connectivity index is 1.74. The molecule has 3 heteroatoms. The predicted molar refractivity (Wildman–Crippen MR) is 250 cm³/mol. The summed E-state index contributed by atoms with van der Waals surface area (Å²) in [6.07, 6.45) is 0. The molecular formula is C54H58ClNS. The van der Waals surface area contributed by atoms with E-state index in [9.17, 15) is 20.6 Å². The van der Waals surface area contributed by atoms with Gasteiger partial charge in [0.05, 0.1) is 34.5 Å². The quantitative estimate of drug-likeness (QED) is 0.138. The molecule has 0 saturated carbocycles. The van der Waals surface area contributed by atoms with Crippen molar-refractivity contribution in [1.82, 2.24) is 0 Å². The minimum atomic E-state index is -1.89. The van der Waals surface area contributed by atoms with Crippen LogP contribution in [0.4, 0.5) is 17.1 Å². The topological polar surface area (TPSA) is 3.24 Å². The first-order valence-electron chi connectivity index (χ1n) is 29.1. The molecule has 7 rings (SSSR count). The number of anilines is 3. The molecule has 0 radical (unpaired) electrons. The van der Waals surface area contributed by atoms with Crippen molar-refractivity contribution in [2.45, 2.75) is 104 Å². The molecule has 0 amide bonds. The van der Waals surface area contributed by atoms with Gasteiger partial charge in [0, 0.05) is 43.2 Å². The van der Waals surface area contributed by atoms with Crippen molar-refractivity contribution in [2.75, 3.05) is 4.90 Å². The fourth-order valence-electron chi connectivity index (χ4n) is 6.20. The molecule has 292 valence electrons. The summed E-state index contributed by atoms with van der Waals surface area (Å²) in [6.45, 7) is 18.3. The highest BCUT2D eigenvalue weighted by Crippen LogP contribution is 2.46. The molecule has 0 aliphatic carbocycles. The minimum absolute atomic E-state index is 0.0145. The van der Waals surface area contributed by atoms with Crippen molar-refractivity contribution in [2.24, 2.45) is 0 Å². The van der Waals surface area contributed by atoms with Crippen molar-refractivity contribution in [3.8, 4) is 0 Å². The van der Waals surface area contributed by atoms with E-state index in [1.54, 1.807) is 62.3 Å². The number of benzene rings is 6. The molecule has 57 heavy (non-hydrogen) atoms. The van der Waals surface area contributed by atoms with Crippen molar-refractivity contribution in [1.29, 1.82) is 0 Å².